The summed E-state index contributed by atoms with van der Waals surface area (Å²) in [4.78, 5) is 63.7. The maximum absolute atomic E-state index is 13.9. The fourth-order valence-corrected chi connectivity index (χ4v) is 6.25. The van der Waals surface area contributed by atoms with Crippen molar-refractivity contribution in [3.8, 4) is 0 Å². The molecule has 2 aromatic rings. The zero-order chi connectivity index (χ0) is 33.4. The highest BCUT2D eigenvalue weighted by Crippen LogP contribution is 2.32. The molecule has 46 heavy (non-hydrogen) atoms. The van der Waals surface area contributed by atoms with E-state index < -0.39 is 23.9 Å². The number of hydrogen-bond donors (Lipinski definition) is 2. The first-order valence-electron chi connectivity index (χ1n) is 15.4. The van der Waals surface area contributed by atoms with Gasteiger partial charge in [-0.2, -0.15) is 0 Å². The summed E-state index contributed by atoms with van der Waals surface area (Å²) in [5.74, 6) is -1.57. The second kappa shape index (κ2) is 15.1. The molecule has 2 aromatic carbocycles. The molecule has 0 unspecified atom stereocenters. The first kappa shape index (κ1) is 34.3. The van der Waals surface area contributed by atoms with Crippen molar-refractivity contribution in [2.45, 2.75) is 89.9 Å². The van der Waals surface area contributed by atoms with Gasteiger partial charge < -0.3 is 20.4 Å². The van der Waals surface area contributed by atoms with E-state index in [9.17, 15) is 19.2 Å². The van der Waals surface area contributed by atoms with Gasteiger partial charge in [0.05, 0.1) is 6.57 Å². The van der Waals surface area contributed by atoms with Crippen LogP contribution in [0, 0.1) is 13.5 Å². The number of rotatable bonds is 10. The average molecular weight is 647 g/mol. The van der Waals surface area contributed by atoms with Crippen LogP contribution in [0.5, 0.6) is 0 Å². The fourth-order valence-electron chi connectivity index (χ4n) is 6.09. The summed E-state index contributed by atoms with van der Waals surface area (Å²) >= 11 is 6.16. The Morgan fingerprint density at radius 1 is 1.13 bits per heavy atom. The first-order chi connectivity index (χ1) is 21.9. The Labute approximate surface area is 273 Å². The third-order valence-electron chi connectivity index (χ3n) is 8.75. The van der Waals surface area contributed by atoms with Crippen LogP contribution in [0.25, 0.3) is 15.3 Å². The van der Waals surface area contributed by atoms with Gasteiger partial charge >= 0.3 is 0 Å². The van der Waals surface area contributed by atoms with Crippen molar-refractivity contribution in [3.05, 3.63) is 80.0 Å². The SMILES string of the molecule is [C-]#[N+]c1cc(Cl)c(C)cc1NC(=O)[C@H](CCN=[N+]=[N-])NC(=O)[C@@H]1Cc2ccccc2CN1C(=O)CCC(=O)N1CCCCC1(C)C. The third kappa shape index (κ3) is 8.16. The van der Waals surface area contributed by atoms with Gasteiger partial charge in [-0.05, 0) is 80.8 Å². The highest BCUT2D eigenvalue weighted by molar-refractivity contribution is 6.31. The largest absolute Gasteiger partial charge is 0.342 e. The van der Waals surface area contributed by atoms with Crippen LogP contribution in [-0.4, -0.2) is 64.1 Å². The third-order valence-corrected chi connectivity index (χ3v) is 9.15. The lowest BCUT2D eigenvalue weighted by Crippen LogP contribution is -2.56. The molecule has 2 heterocycles. The maximum atomic E-state index is 13.9. The number of fused-ring (bicyclic) bond motifs is 1. The van der Waals surface area contributed by atoms with Gasteiger partial charge in [0.25, 0.3) is 0 Å². The summed E-state index contributed by atoms with van der Waals surface area (Å²) in [6.45, 7) is 14.1. The lowest BCUT2D eigenvalue weighted by molar-refractivity contribution is -0.145. The van der Waals surface area contributed by atoms with Crippen LogP contribution in [0.2, 0.25) is 5.02 Å². The van der Waals surface area contributed by atoms with Gasteiger partial charge in [0, 0.05) is 60.1 Å². The number of carbonyl (C=O) groups excluding carboxylic acids is 4. The lowest BCUT2D eigenvalue weighted by Gasteiger charge is -2.42. The quantitative estimate of drug-likeness (QED) is 0.144. The highest BCUT2D eigenvalue weighted by atomic mass is 35.5. The van der Waals surface area contributed by atoms with E-state index >= 15 is 0 Å². The fraction of sp³-hybridized carbons (Fsp3) is 0.485. The number of anilines is 1. The van der Waals surface area contributed by atoms with Crippen molar-refractivity contribution in [1.82, 2.24) is 15.1 Å². The number of carbonyl (C=O) groups is 4. The van der Waals surface area contributed by atoms with Crippen molar-refractivity contribution in [3.63, 3.8) is 0 Å². The van der Waals surface area contributed by atoms with Crippen LogP contribution in [0.1, 0.15) is 69.1 Å². The molecule has 1 saturated heterocycles. The summed E-state index contributed by atoms with van der Waals surface area (Å²) in [5, 5.41) is 9.37. The molecule has 4 rings (SSSR count). The Hall–Kier alpha value is -4.59. The van der Waals surface area contributed by atoms with Gasteiger partial charge in [-0.3, -0.25) is 19.2 Å². The molecule has 12 nitrogen and oxygen atoms in total. The monoisotopic (exact) mass is 646 g/mol. The van der Waals surface area contributed by atoms with Crippen molar-refractivity contribution in [2.24, 2.45) is 5.11 Å². The van der Waals surface area contributed by atoms with E-state index in [0.717, 1.165) is 30.4 Å². The van der Waals surface area contributed by atoms with Crippen molar-refractivity contribution < 1.29 is 19.2 Å². The Balaban J connectivity index is 1.53. The summed E-state index contributed by atoms with van der Waals surface area (Å²) in [7, 11) is 0. The summed E-state index contributed by atoms with van der Waals surface area (Å²) in [6.07, 6.45) is 3.09. The molecule has 13 heteroatoms. The average Bonchev–Trinajstić information content (AvgIpc) is 3.03. The normalized spacial score (nSPS) is 17.5. The van der Waals surface area contributed by atoms with E-state index in [4.69, 9.17) is 23.7 Å². The van der Waals surface area contributed by atoms with Crippen LogP contribution in [0.3, 0.4) is 0 Å². The summed E-state index contributed by atoms with van der Waals surface area (Å²) < 4.78 is 0. The summed E-state index contributed by atoms with van der Waals surface area (Å²) in [6, 6.07) is 8.50. The lowest BCUT2D eigenvalue weighted by atomic mass is 9.90. The zero-order valence-electron chi connectivity index (χ0n) is 26.4. The molecule has 0 aliphatic carbocycles. The van der Waals surface area contributed by atoms with Crippen LogP contribution in [-0.2, 0) is 32.1 Å². The summed E-state index contributed by atoms with van der Waals surface area (Å²) in [5.41, 5.74) is 11.4. The second-order valence-electron chi connectivity index (χ2n) is 12.3. The molecular formula is C33H39ClN8O4. The van der Waals surface area contributed by atoms with E-state index in [2.05, 4.69) is 25.5 Å². The minimum absolute atomic E-state index is 0.0149. The van der Waals surface area contributed by atoms with Crippen molar-refractivity contribution in [2.75, 3.05) is 18.4 Å². The van der Waals surface area contributed by atoms with Gasteiger partial charge in [-0.1, -0.05) is 41.0 Å². The molecule has 2 aliphatic heterocycles. The predicted octanol–water partition coefficient (Wildman–Crippen LogP) is 5.85. The number of azide groups is 1. The molecule has 0 saturated carbocycles. The first-order valence-corrected chi connectivity index (χ1v) is 15.8. The number of nitrogens with zero attached hydrogens (tertiary/aromatic N) is 6. The number of amides is 4. The number of likely N-dealkylation sites (tertiary alicyclic amines) is 1. The molecule has 2 N–H and O–H groups in total. The second-order valence-corrected chi connectivity index (χ2v) is 12.8. The van der Waals surface area contributed by atoms with Crippen molar-refractivity contribution in [1.29, 1.82) is 0 Å². The molecule has 2 atom stereocenters. The van der Waals surface area contributed by atoms with E-state index in [1.807, 2.05) is 43.0 Å². The van der Waals surface area contributed by atoms with Crippen LogP contribution in [0.4, 0.5) is 11.4 Å². The van der Waals surface area contributed by atoms with Gasteiger partial charge in [0.15, 0.2) is 0 Å². The zero-order valence-corrected chi connectivity index (χ0v) is 27.1. The molecular weight excluding hydrogens is 608 g/mol. The van der Waals surface area contributed by atoms with E-state index in [1.54, 1.807) is 13.0 Å². The number of benzene rings is 2. The number of nitrogens with one attached hydrogen (secondary N) is 2. The highest BCUT2D eigenvalue weighted by Gasteiger charge is 2.37. The molecule has 2 aliphatic rings. The number of piperidine rings is 1. The molecule has 0 bridgehead atoms. The molecule has 0 spiro atoms. The minimum atomic E-state index is -1.13. The molecule has 1 fully saturated rings. The van der Waals surface area contributed by atoms with Crippen LogP contribution < -0.4 is 10.6 Å². The number of aryl methyl sites for hydroxylation is 1. The molecule has 0 aromatic heterocycles. The molecule has 242 valence electrons. The smallest absolute Gasteiger partial charge is 0.245 e. The van der Waals surface area contributed by atoms with E-state index in [0.29, 0.717) is 17.1 Å². The van der Waals surface area contributed by atoms with Gasteiger partial charge in [-0.25, -0.2) is 4.85 Å². The number of halogens is 1. The number of hydrogen-bond acceptors (Lipinski definition) is 5. The standard InChI is InChI=1S/C33H39ClN8O4/c1-21-17-27(26(36-4)19-24(21)34)39-31(45)25(13-15-37-40-35)38-32(46)28-18-22-9-5-6-10-23(22)20-41(28)29(43)11-12-30(44)42-16-8-7-14-33(42,2)3/h5-6,9-10,17,19,25,28H,7-8,11-16,18,20H2,1-3H3,(H,38,46)(H,39,45)/t25-,28-/m0/s1. The predicted molar refractivity (Wildman–Crippen MR) is 175 cm³/mol. The van der Waals surface area contributed by atoms with Gasteiger partial charge in [0.2, 0.25) is 29.3 Å². The Bertz CT molecular complexity index is 1600. The van der Waals surface area contributed by atoms with Crippen molar-refractivity contribution >= 4 is 46.6 Å². The topological polar surface area (TPSA) is 152 Å². The van der Waals surface area contributed by atoms with Crippen LogP contribution in [0.15, 0.2) is 41.5 Å². The Kier molecular flexibility index (Phi) is 11.3. The molecule has 4 amide bonds. The van der Waals surface area contributed by atoms with E-state index in [1.165, 1.54) is 11.0 Å². The molecule has 0 radical (unpaired) electrons. The Morgan fingerprint density at radius 2 is 1.85 bits per heavy atom. The Morgan fingerprint density at radius 3 is 2.54 bits per heavy atom. The van der Waals surface area contributed by atoms with Gasteiger partial charge in [0.1, 0.15) is 12.1 Å². The van der Waals surface area contributed by atoms with Gasteiger partial charge in [-0.15, -0.1) is 0 Å². The van der Waals surface area contributed by atoms with Crippen LogP contribution >= 0.6 is 11.6 Å². The van der Waals surface area contributed by atoms with E-state index in [-0.39, 0.29) is 67.5 Å². The minimum Gasteiger partial charge on any atom is -0.342 e. The maximum Gasteiger partial charge on any atom is 0.245 e.